The normalized spacial score (nSPS) is 15.5. The van der Waals surface area contributed by atoms with Crippen molar-refractivity contribution in [2.45, 2.75) is 12.3 Å². The number of carbonyl (C=O) groups is 1. The number of halogens is 3. The molecule has 4 rings (SSSR count). The van der Waals surface area contributed by atoms with Crippen molar-refractivity contribution in [3.8, 4) is 17.2 Å². The molecule has 9 heteroatoms. The Morgan fingerprint density at radius 3 is 2.15 bits per heavy atom. The lowest BCUT2D eigenvalue weighted by Crippen LogP contribution is -2.43. The molecule has 3 aromatic carbocycles. The summed E-state index contributed by atoms with van der Waals surface area (Å²) < 4.78 is 56.4. The van der Waals surface area contributed by atoms with E-state index in [-0.39, 0.29) is 5.69 Å². The molecule has 1 N–H and O–H groups in total. The molecule has 0 fully saturated rings. The van der Waals surface area contributed by atoms with Gasteiger partial charge in [-0.25, -0.2) is 0 Å². The van der Waals surface area contributed by atoms with Crippen LogP contribution in [-0.2, 0) is 6.18 Å². The van der Waals surface area contributed by atoms with E-state index in [1.165, 1.54) is 38.4 Å². The molecule has 33 heavy (non-hydrogen) atoms. The quantitative estimate of drug-likeness (QED) is 0.547. The maximum Gasteiger partial charge on any atom is 0.416 e. The Bertz CT molecular complexity index is 1170. The molecule has 1 heterocycles. The summed E-state index contributed by atoms with van der Waals surface area (Å²) in [6.07, 6.45) is -5.40. The number of hydrogen-bond donors (Lipinski definition) is 1. The molecular formula is C24H21F3N2O4. The smallest absolute Gasteiger partial charge is 0.416 e. The number of fused-ring (bicyclic) bond motifs is 1. The molecule has 1 amide bonds. The Kier molecular flexibility index (Phi) is 5.80. The Morgan fingerprint density at radius 2 is 1.55 bits per heavy atom. The SMILES string of the molecule is COc1cc(C2Nc3ccccc3C(=O)N2c2cccc(C(F)(F)F)c2)cc(OC)c1OC. The van der Waals surface area contributed by atoms with E-state index in [9.17, 15) is 18.0 Å². The molecule has 0 bridgehead atoms. The van der Waals surface area contributed by atoms with Gasteiger partial charge >= 0.3 is 6.18 Å². The monoisotopic (exact) mass is 458 g/mol. The Morgan fingerprint density at radius 1 is 0.879 bits per heavy atom. The highest BCUT2D eigenvalue weighted by Crippen LogP contribution is 2.44. The molecule has 0 saturated carbocycles. The molecule has 1 aliphatic rings. The van der Waals surface area contributed by atoms with Crippen LogP contribution in [0, 0.1) is 0 Å². The van der Waals surface area contributed by atoms with Crippen LogP contribution < -0.4 is 24.4 Å². The second-order valence-corrected chi connectivity index (χ2v) is 7.27. The van der Waals surface area contributed by atoms with Gasteiger partial charge in [0.1, 0.15) is 6.17 Å². The van der Waals surface area contributed by atoms with Crippen molar-refractivity contribution in [3.05, 3.63) is 77.4 Å². The van der Waals surface area contributed by atoms with Crippen LogP contribution >= 0.6 is 0 Å². The van der Waals surface area contributed by atoms with E-state index >= 15 is 0 Å². The summed E-state index contributed by atoms with van der Waals surface area (Å²) in [5.41, 5.74) is 0.679. The predicted octanol–water partition coefficient (Wildman–Crippen LogP) is 5.50. The van der Waals surface area contributed by atoms with Crippen LogP contribution in [0.4, 0.5) is 24.5 Å². The van der Waals surface area contributed by atoms with E-state index in [2.05, 4.69) is 5.32 Å². The van der Waals surface area contributed by atoms with E-state index in [0.717, 1.165) is 12.1 Å². The number of hydrogen-bond acceptors (Lipinski definition) is 5. The van der Waals surface area contributed by atoms with Crippen LogP contribution in [0.25, 0.3) is 0 Å². The van der Waals surface area contributed by atoms with Crippen molar-refractivity contribution in [2.24, 2.45) is 0 Å². The van der Waals surface area contributed by atoms with Crippen LogP contribution in [0.15, 0.2) is 60.7 Å². The van der Waals surface area contributed by atoms with Gasteiger partial charge in [-0.05, 0) is 42.5 Å². The van der Waals surface area contributed by atoms with E-state index < -0.39 is 23.8 Å². The van der Waals surface area contributed by atoms with Gasteiger partial charge < -0.3 is 19.5 Å². The summed E-state index contributed by atoms with van der Waals surface area (Å²) in [6.45, 7) is 0. The van der Waals surface area contributed by atoms with Crippen LogP contribution in [0.2, 0.25) is 0 Å². The summed E-state index contributed by atoms with van der Waals surface area (Å²) >= 11 is 0. The summed E-state index contributed by atoms with van der Waals surface area (Å²) in [7, 11) is 4.38. The second-order valence-electron chi connectivity index (χ2n) is 7.27. The fraction of sp³-hybridized carbons (Fsp3) is 0.208. The average molecular weight is 458 g/mol. The maximum absolute atomic E-state index is 13.5. The standard InChI is InChI=1S/C24H21F3N2O4/c1-31-19-11-14(12-20(32-2)21(19)33-3)22-28-18-10-5-4-9-17(18)23(30)29(22)16-8-6-7-15(13-16)24(25,26)27/h4-13,22,28H,1-3H3. The molecule has 3 aromatic rings. The van der Waals surface area contributed by atoms with Gasteiger partial charge in [-0.2, -0.15) is 13.2 Å². The molecule has 0 aliphatic carbocycles. The number of ether oxygens (including phenoxy) is 3. The van der Waals surface area contributed by atoms with E-state index in [0.29, 0.717) is 34.1 Å². The molecule has 1 aliphatic heterocycles. The van der Waals surface area contributed by atoms with Gasteiger partial charge in [0.25, 0.3) is 5.91 Å². The largest absolute Gasteiger partial charge is 0.493 e. The van der Waals surface area contributed by atoms with Crippen molar-refractivity contribution in [1.29, 1.82) is 0 Å². The fourth-order valence-electron chi connectivity index (χ4n) is 3.84. The van der Waals surface area contributed by atoms with Gasteiger partial charge in [-0.1, -0.05) is 18.2 Å². The minimum atomic E-state index is -4.55. The van der Waals surface area contributed by atoms with Gasteiger partial charge in [0, 0.05) is 16.9 Å². The highest BCUT2D eigenvalue weighted by molar-refractivity contribution is 6.12. The first-order valence-corrected chi connectivity index (χ1v) is 9.94. The molecule has 0 radical (unpaired) electrons. The topological polar surface area (TPSA) is 60.0 Å². The first kappa shape index (κ1) is 22.3. The third-order valence-corrected chi connectivity index (χ3v) is 5.38. The highest BCUT2D eigenvalue weighted by Gasteiger charge is 2.37. The number of benzene rings is 3. The molecular weight excluding hydrogens is 437 g/mol. The predicted molar refractivity (Wildman–Crippen MR) is 117 cm³/mol. The second kappa shape index (κ2) is 8.57. The third kappa shape index (κ3) is 4.02. The summed E-state index contributed by atoms with van der Waals surface area (Å²) in [5.74, 6) is 0.618. The Hall–Kier alpha value is -3.88. The van der Waals surface area contributed by atoms with Gasteiger partial charge in [0.2, 0.25) is 5.75 Å². The van der Waals surface area contributed by atoms with Gasteiger partial charge in [0.15, 0.2) is 11.5 Å². The van der Waals surface area contributed by atoms with Crippen LogP contribution in [-0.4, -0.2) is 27.2 Å². The Labute approximate surface area is 188 Å². The third-order valence-electron chi connectivity index (χ3n) is 5.38. The molecule has 6 nitrogen and oxygen atoms in total. The number of para-hydroxylation sites is 1. The summed E-state index contributed by atoms with van der Waals surface area (Å²) in [5, 5.41) is 3.26. The van der Waals surface area contributed by atoms with Crippen LogP contribution in [0.1, 0.15) is 27.7 Å². The first-order chi connectivity index (χ1) is 15.8. The Balaban J connectivity index is 1.91. The van der Waals surface area contributed by atoms with Gasteiger partial charge in [0.05, 0.1) is 32.5 Å². The molecule has 1 atom stereocenters. The average Bonchev–Trinajstić information content (AvgIpc) is 2.82. The lowest BCUT2D eigenvalue weighted by Gasteiger charge is -2.38. The van der Waals surface area contributed by atoms with E-state index in [1.54, 1.807) is 36.4 Å². The zero-order valence-electron chi connectivity index (χ0n) is 18.1. The highest BCUT2D eigenvalue weighted by atomic mass is 19.4. The lowest BCUT2D eigenvalue weighted by atomic mass is 10.0. The van der Waals surface area contributed by atoms with Crippen molar-refractivity contribution < 1.29 is 32.2 Å². The number of amides is 1. The van der Waals surface area contributed by atoms with Crippen LogP contribution in [0.3, 0.4) is 0 Å². The maximum atomic E-state index is 13.5. The molecule has 172 valence electrons. The van der Waals surface area contributed by atoms with Crippen molar-refractivity contribution in [3.63, 3.8) is 0 Å². The number of anilines is 2. The summed E-state index contributed by atoms with van der Waals surface area (Å²) in [6, 6.07) is 14.8. The molecule has 1 unspecified atom stereocenters. The lowest BCUT2D eigenvalue weighted by molar-refractivity contribution is -0.137. The van der Waals surface area contributed by atoms with E-state index in [4.69, 9.17) is 14.2 Å². The number of carbonyl (C=O) groups excluding carboxylic acids is 1. The van der Waals surface area contributed by atoms with Gasteiger partial charge in [-0.15, -0.1) is 0 Å². The number of rotatable bonds is 5. The molecule has 0 spiro atoms. The zero-order valence-corrected chi connectivity index (χ0v) is 18.1. The molecule has 0 aromatic heterocycles. The number of nitrogens with zero attached hydrogens (tertiary/aromatic N) is 1. The van der Waals surface area contributed by atoms with Crippen molar-refractivity contribution in [2.75, 3.05) is 31.5 Å². The zero-order chi connectivity index (χ0) is 23.8. The fourth-order valence-corrected chi connectivity index (χ4v) is 3.84. The van der Waals surface area contributed by atoms with Crippen molar-refractivity contribution in [1.82, 2.24) is 0 Å². The number of methoxy groups -OCH3 is 3. The van der Waals surface area contributed by atoms with E-state index in [1.807, 2.05) is 0 Å². The summed E-state index contributed by atoms with van der Waals surface area (Å²) in [4.78, 5) is 14.8. The minimum Gasteiger partial charge on any atom is -0.493 e. The van der Waals surface area contributed by atoms with Crippen molar-refractivity contribution >= 4 is 17.3 Å². The van der Waals surface area contributed by atoms with Gasteiger partial charge in [-0.3, -0.25) is 9.69 Å². The van der Waals surface area contributed by atoms with Crippen LogP contribution in [0.5, 0.6) is 17.2 Å². The first-order valence-electron chi connectivity index (χ1n) is 9.94. The number of alkyl halides is 3. The molecule has 0 saturated heterocycles. The number of nitrogens with one attached hydrogen (secondary N) is 1. The minimum absolute atomic E-state index is 0.0931.